The van der Waals surface area contributed by atoms with Gasteiger partial charge in [-0.25, -0.2) is 9.78 Å². The number of anilines is 1. The summed E-state index contributed by atoms with van der Waals surface area (Å²) in [5.74, 6) is -0.468. The van der Waals surface area contributed by atoms with Crippen LogP contribution in [0.3, 0.4) is 0 Å². The zero-order valence-corrected chi connectivity index (χ0v) is 9.43. The summed E-state index contributed by atoms with van der Waals surface area (Å²) < 4.78 is 0. The number of nitrogens with one attached hydrogen (secondary N) is 1. The normalized spacial score (nSPS) is 10.1. The molecule has 1 aromatic rings. The summed E-state index contributed by atoms with van der Waals surface area (Å²) in [6.45, 7) is 4.44. The molecule has 0 aliphatic carbocycles. The molecule has 0 saturated carbocycles. The Bertz CT molecular complexity index is 380. The molecule has 82 valence electrons. The van der Waals surface area contributed by atoms with Crippen molar-refractivity contribution >= 4 is 23.4 Å². The van der Waals surface area contributed by atoms with Crippen molar-refractivity contribution in [2.75, 3.05) is 11.9 Å². The van der Waals surface area contributed by atoms with Gasteiger partial charge in [0.2, 0.25) is 0 Å². The number of aryl methyl sites for hydroxylation is 1. The molecule has 0 atom stereocenters. The van der Waals surface area contributed by atoms with Gasteiger partial charge in [-0.3, -0.25) is 0 Å². The summed E-state index contributed by atoms with van der Waals surface area (Å²) in [5.41, 5.74) is 0.604. The first-order valence-electron chi connectivity index (χ1n) is 4.70. The number of nitrogens with zero attached hydrogens (tertiary/aromatic N) is 1. The van der Waals surface area contributed by atoms with E-state index in [-0.39, 0.29) is 5.56 Å². The van der Waals surface area contributed by atoms with E-state index in [1.54, 1.807) is 6.92 Å². The standard InChI is InChI=1S/C10H13ClN2O2/c1-3-4-12-9-8(11)5-7(10(14)15)6(2)13-9/h5H,3-4H2,1-2H3,(H,12,13)(H,14,15). The largest absolute Gasteiger partial charge is 0.478 e. The smallest absolute Gasteiger partial charge is 0.337 e. The van der Waals surface area contributed by atoms with Gasteiger partial charge in [0.15, 0.2) is 0 Å². The van der Waals surface area contributed by atoms with E-state index < -0.39 is 5.97 Å². The highest BCUT2D eigenvalue weighted by molar-refractivity contribution is 6.33. The first kappa shape index (κ1) is 11.8. The predicted octanol–water partition coefficient (Wildman–Crippen LogP) is 2.56. The van der Waals surface area contributed by atoms with Crippen molar-refractivity contribution in [1.82, 2.24) is 4.98 Å². The lowest BCUT2D eigenvalue weighted by Crippen LogP contribution is -2.07. The first-order valence-corrected chi connectivity index (χ1v) is 5.08. The van der Waals surface area contributed by atoms with Gasteiger partial charge in [0.1, 0.15) is 5.82 Å². The van der Waals surface area contributed by atoms with E-state index in [2.05, 4.69) is 10.3 Å². The number of carbonyl (C=O) groups is 1. The molecule has 0 spiro atoms. The predicted molar refractivity (Wildman–Crippen MR) is 59.7 cm³/mol. The summed E-state index contributed by atoms with van der Waals surface area (Å²) in [4.78, 5) is 14.9. The van der Waals surface area contributed by atoms with Crippen LogP contribution < -0.4 is 5.32 Å². The first-order chi connectivity index (χ1) is 7.06. The van der Waals surface area contributed by atoms with Gasteiger partial charge in [-0.05, 0) is 19.4 Å². The number of carboxylic acid groups (broad SMARTS) is 1. The van der Waals surface area contributed by atoms with E-state index >= 15 is 0 Å². The maximum Gasteiger partial charge on any atom is 0.337 e. The lowest BCUT2D eigenvalue weighted by atomic mass is 10.2. The molecule has 0 bridgehead atoms. The summed E-state index contributed by atoms with van der Waals surface area (Å²) in [7, 11) is 0. The van der Waals surface area contributed by atoms with Crippen LogP contribution >= 0.6 is 11.6 Å². The molecule has 15 heavy (non-hydrogen) atoms. The molecular formula is C10H13ClN2O2. The van der Waals surface area contributed by atoms with Crippen LogP contribution in [-0.4, -0.2) is 22.6 Å². The average Bonchev–Trinajstić information content (AvgIpc) is 2.18. The van der Waals surface area contributed by atoms with Gasteiger partial charge < -0.3 is 10.4 Å². The third-order valence-corrected chi connectivity index (χ3v) is 2.23. The highest BCUT2D eigenvalue weighted by Gasteiger charge is 2.12. The lowest BCUT2D eigenvalue weighted by Gasteiger charge is -2.08. The molecule has 1 aromatic heterocycles. The van der Waals surface area contributed by atoms with Gasteiger partial charge >= 0.3 is 5.97 Å². The number of pyridine rings is 1. The fraction of sp³-hybridized carbons (Fsp3) is 0.400. The van der Waals surface area contributed by atoms with E-state index in [4.69, 9.17) is 16.7 Å². The van der Waals surface area contributed by atoms with E-state index in [0.29, 0.717) is 16.5 Å². The number of halogens is 1. The third-order valence-electron chi connectivity index (χ3n) is 1.94. The van der Waals surface area contributed by atoms with Gasteiger partial charge in [-0.2, -0.15) is 0 Å². The molecule has 0 aliphatic heterocycles. The summed E-state index contributed by atoms with van der Waals surface area (Å²) in [5, 5.41) is 12.2. The van der Waals surface area contributed by atoms with Crippen LogP contribution in [0.15, 0.2) is 6.07 Å². The van der Waals surface area contributed by atoms with Crippen LogP contribution in [-0.2, 0) is 0 Å². The number of aromatic carboxylic acids is 1. The Labute approximate surface area is 93.3 Å². The van der Waals surface area contributed by atoms with Crippen LogP contribution in [0.5, 0.6) is 0 Å². The molecule has 0 fully saturated rings. The number of hydrogen-bond donors (Lipinski definition) is 2. The zero-order valence-electron chi connectivity index (χ0n) is 8.67. The highest BCUT2D eigenvalue weighted by Crippen LogP contribution is 2.22. The molecular weight excluding hydrogens is 216 g/mol. The Morgan fingerprint density at radius 1 is 1.67 bits per heavy atom. The number of aromatic nitrogens is 1. The third kappa shape index (κ3) is 2.83. The molecule has 1 rings (SSSR count). The minimum absolute atomic E-state index is 0.141. The second-order valence-corrected chi connectivity index (χ2v) is 3.59. The lowest BCUT2D eigenvalue weighted by molar-refractivity contribution is 0.0695. The average molecular weight is 229 g/mol. The van der Waals surface area contributed by atoms with Crippen molar-refractivity contribution in [2.45, 2.75) is 20.3 Å². The van der Waals surface area contributed by atoms with Crippen molar-refractivity contribution in [3.63, 3.8) is 0 Å². The molecule has 0 saturated heterocycles. The number of rotatable bonds is 4. The fourth-order valence-corrected chi connectivity index (χ4v) is 1.38. The fourth-order valence-electron chi connectivity index (χ4n) is 1.16. The maximum atomic E-state index is 10.8. The number of carboxylic acids is 1. The second kappa shape index (κ2) is 4.98. The van der Waals surface area contributed by atoms with E-state index in [0.717, 1.165) is 13.0 Å². The molecule has 2 N–H and O–H groups in total. The topological polar surface area (TPSA) is 62.2 Å². The van der Waals surface area contributed by atoms with E-state index in [1.165, 1.54) is 6.07 Å². The molecule has 0 amide bonds. The highest BCUT2D eigenvalue weighted by atomic mass is 35.5. The summed E-state index contributed by atoms with van der Waals surface area (Å²) >= 11 is 5.89. The van der Waals surface area contributed by atoms with Crippen LogP contribution in [0.4, 0.5) is 5.82 Å². The van der Waals surface area contributed by atoms with Crippen molar-refractivity contribution in [2.24, 2.45) is 0 Å². The van der Waals surface area contributed by atoms with Gasteiger partial charge in [0.05, 0.1) is 16.3 Å². The molecule has 0 aromatic carbocycles. The molecule has 1 heterocycles. The van der Waals surface area contributed by atoms with E-state index in [9.17, 15) is 4.79 Å². The maximum absolute atomic E-state index is 10.8. The molecule has 0 unspecified atom stereocenters. The molecule has 0 radical (unpaired) electrons. The Morgan fingerprint density at radius 3 is 2.87 bits per heavy atom. The molecule has 5 heteroatoms. The Hall–Kier alpha value is -1.29. The van der Waals surface area contributed by atoms with Crippen molar-refractivity contribution in [3.05, 3.63) is 22.3 Å². The van der Waals surface area contributed by atoms with Gasteiger partial charge in [0, 0.05) is 6.54 Å². The monoisotopic (exact) mass is 228 g/mol. The van der Waals surface area contributed by atoms with Crippen LogP contribution in [0, 0.1) is 6.92 Å². The Morgan fingerprint density at radius 2 is 2.33 bits per heavy atom. The zero-order chi connectivity index (χ0) is 11.4. The quantitative estimate of drug-likeness (QED) is 0.832. The van der Waals surface area contributed by atoms with Crippen LogP contribution in [0.1, 0.15) is 29.4 Å². The number of hydrogen-bond acceptors (Lipinski definition) is 3. The summed E-state index contributed by atoms with van der Waals surface area (Å²) in [6, 6.07) is 1.42. The van der Waals surface area contributed by atoms with Crippen molar-refractivity contribution < 1.29 is 9.90 Å². The molecule has 0 aliphatic rings. The minimum atomic E-state index is -1.01. The van der Waals surface area contributed by atoms with Gasteiger partial charge in [-0.1, -0.05) is 18.5 Å². The van der Waals surface area contributed by atoms with Crippen LogP contribution in [0.25, 0.3) is 0 Å². The second-order valence-electron chi connectivity index (χ2n) is 3.18. The SMILES string of the molecule is CCCNc1nc(C)c(C(=O)O)cc1Cl. The van der Waals surface area contributed by atoms with Crippen molar-refractivity contribution in [1.29, 1.82) is 0 Å². The van der Waals surface area contributed by atoms with Gasteiger partial charge in [-0.15, -0.1) is 0 Å². The van der Waals surface area contributed by atoms with Gasteiger partial charge in [0.25, 0.3) is 0 Å². The van der Waals surface area contributed by atoms with Crippen molar-refractivity contribution in [3.8, 4) is 0 Å². The van der Waals surface area contributed by atoms with E-state index in [1.807, 2.05) is 6.92 Å². The summed E-state index contributed by atoms with van der Waals surface area (Å²) in [6.07, 6.45) is 0.956. The molecule has 4 nitrogen and oxygen atoms in total. The Balaban J connectivity index is 3.02. The minimum Gasteiger partial charge on any atom is -0.478 e. The van der Waals surface area contributed by atoms with Crippen LogP contribution in [0.2, 0.25) is 5.02 Å². The Kier molecular flexibility index (Phi) is 3.91.